The van der Waals surface area contributed by atoms with Crippen LogP contribution in [0.3, 0.4) is 0 Å². The summed E-state index contributed by atoms with van der Waals surface area (Å²) in [7, 11) is 0. The van der Waals surface area contributed by atoms with E-state index in [1.54, 1.807) is 0 Å². The molecular weight excluding hydrogens is 348 g/mol. The van der Waals surface area contributed by atoms with Crippen LogP contribution in [0.2, 0.25) is 0 Å². The maximum Gasteiger partial charge on any atom is 0.191 e. The van der Waals surface area contributed by atoms with E-state index >= 15 is 0 Å². The summed E-state index contributed by atoms with van der Waals surface area (Å²) in [5.74, 6) is 2.48. The van der Waals surface area contributed by atoms with E-state index in [2.05, 4.69) is 76.2 Å². The Morgan fingerprint density at radius 1 is 1.29 bits per heavy atom. The highest BCUT2D eigenvalue weighted by atomic mass is 15.2. The highest BCUT2D eigenvalue weighted by Gasteiger charge is 2.21. The van der Waals surface area contributed by atoms with Crippen LogP contribution in [-0.2, 0) is 13.1 Å². The second-order valence-corrected chi connectivity index (χ2v) is 7.85. The van der Waals surface area contributed by atoms with Gasteiger partial charge >= 0.3 is 0 Å². The molecule has 0 saturated carbocycles. The minimum atomic E-state index is 0.391. The normalized spacial score (nSPS) is 17.8. The summed E-state index contributed by atoms with van der Waals surface area (Å²) < 4.78 is 2.20. The van der Waals surface area contributed by atoms with Crippen molar-refractivity contribution in [2.45, 2.75) is 52.7 Å². The van der Waals surface area contributed by atoms with Crippen LogP contribution >= 0.6 is 0 Å². The molecule has 2 N–H and O–H groups in total. The highest BCUT2D eigenvalue weighted by molar-refractivity contribution is 5.80. The van der Waals surface area contributed by atoms with Crippen LogP contribution in [0.1, 0.15) is 39.4 Å². The number of hydrogen-bond donors (Lipinski definition) is 2. The number of rotatable bonds is 7. The molecule has 3 rings (SSSR count). The summed E-state index contributed by atoms with van der Waals surface area (Å²) >= 11 is 0. The molecule has 0 spiro atoms. The van der Waals surface area contributed by atoms with E-state index in [9.17, 15) is 0 Å². The SMILES string of the molecule is CCNC(=NCc1nccn1CC(C)C)NC1CCCN(c2ccccc2)C1. The van der Waals surface area contributed by atoms with Crippen LogP contribution in [0, 0.1) is 5.92 Å². The number of piperidine rings is 1. The van der Waals surface area contributed by atoms with Crippen molar-refractivity contribution in [2.75, 3.05) is 24.5 Å². The van der Waals surface area contributed by atoms with Crippen molar-refractivity contribution in [3.05, 3.63) is 48.5 Å². The molecule has 2 aromatic rings. The maximum atomic E-state index is 4.81. The monoisotopic (exact) mass is 382 g/mol. The lowest BCUT2D eigenvalue weighted by atomic mass is 10.1. The Morgan fingerprint density at radius 3 is 2.86 bits per heavy atom. The van der Waals surface area contributed by atoms with Crippen molar-refractivity contribution in [1.82, 2.24) is 20.2 Å². The largest absolute Gasteiger partial charge is 0.369 e. The quantitative estimate of drug-likeness (QED) is 0.570. The number of guanidine groups is 1. The molecule has 1 aromatic carbocycles. The summed E-state index contributed by atoms with van der Waals surface area (Å²) in [6.45, 7) is 11.1. The van der Waals surface area contributed by atoms with Gasteiger partial charge in [0.25, 0.3) is 0 Å². The Labute approximate surface area is 169 Å². The van der Waals surface area contributed by atoms with Gasteiger partial charge in [-0.1, -0.05) is 32.0 Å². The molecule has 1 unspecified atom stereocenters. The van der Waals surface area contributed by atoms with Crippen molar-refractivity contribution in [2.24, 2.45) is 10.9 Å². The minimum absolute atomic E-state index is 0.391. The molecule has 6 nitrogen and oxygen atoms in total. The van der Waals surface area contributed by atoms with E-state index in [1.807, 2.05) is 12.4 Å². The predicted octanol–water partition coefficient (Wildman–Crippen LogP) is 3.26. The molecule has 0 aliphatic carbocycles. The van der Waals surface area contributed by atoms with E-state index in [1.165, 1.54) is 12.1 Å². The predicted molar refractivity (Wildman–Crippen MR) is 117 cm³/mol. The van der Waals surface area contributed by atoms with Gasteiger partial charge in [-0.15, -0.1) is 0 Å². The van der Waals surface area contributed by atoms with Gasteiger partial charge in [0.15, 0.2) is 5.96 Å². The number of nitrogens with one attached hydrogen (secondary N) is 2. The second-order valence-electron chi connectivity index (χ2n) is 7.85. The standard InChI is InChI=1S/C22H34N6/c1-4-23-22(25-15-21-24-12-14-28(21)16-18(2)3)26-19-9-8-13-27(17-19)20-10-6-5-7-11-20/h5-7,10-12,14,18-19H,4,8-9,13,15-17H2,1-3H3,(H2,23,25,26). The number of para-hydroxylation sites is 1. The highest BCUT2D eigenvalue weighted by Crippen LogP contribution is 2.19. The smallest absolute Gasteiger partial charge is 0.191 e. The first-order valence-corrected chi connectivity index (χ1v) is 10.5. The molecule has 1 atom stereocenters. The average Bonchev–Trinajstić information content (AvgIpc) is 3.13. The lowest BCUT2D eigenvalue weighted by Gasteiger charge is -2.35. The Hall–Kier alpha value is -2.50. The van der Waals surface area contributed by atoms with Crippen LogP contribution in [0.15, 0.2) is 47.7 Å². The van der Waals surface area contributed by atoms with Crippen molar-refractivity contribution in [3.8, 4) is 0 Å². The molecule has 1 aliphatic rings. The maximum absolute atomic E-state index is 4.81. The molecule has 152 valence electrons. The Bertz CT molecular complexity index is 736. The molecule has 0 amide bonds. The van der Waals surface area contributed by atoms with Gasteiger partial charge in [-0.2, -0.15) is 0 Å². The van der Waals surface area contributed by atoms with Gasteiger partial charge in [-0.05, 0) is 37.8 Å². The molecular formula is C22H34N6. The Balaban J connectivity index is 1.62. The van der Waals surface area contributed by atoms with Crippen molar-refractivity contribution >= 4 is 11.6 Å². The lowest BCUT2D eigenvalue weighted by molar-refractivity contribution is 0.467. The van der Waals surface area contributed by atoms with Gasteiger partial charge in [-0.3, -0.25) is 0 Å². The summed E-state index contributed by atoms with van der Waals surface area (Å²) in [5, 5.41) is 7.03. The molecule has 0 bridgehead atoms. The van der Waals surface area contributed by atoms with Gasteiger partial charge in [0.2, 0.25) is 0 Å². The fraction of sp³-hybridized carbons (Fsp3) is 0.545. The number of nitrogens with zero attached hydrogens (tertiary/aromatic N) is 4. The van der Waals surface area contributed by atoms with E-state index in [4.69, 9.17) is 4.99 Å². The van der Waals surface area contributed by atoms with Gasteiger partial charge in [0.05, 0.1) is 0 Å². The zero-order chi connectivity index (χ0) is 19.8. The minimum Gasteiger partial charge on any atom is -0.369 e. The third-order valence-electron chi connectivity index (χ3n) is 4.97. The molecule has 2 heterocycles. The molecule has 1 aromatic heterocycles. The fourth-order valence-electron chi connectivity index (χ4n) is 3.68. The van der Waals surface area contributed by atoms with Gasteiger partial charge in [0.1, 0.15) is 12.4 Å². The first kappa shape index (κ1) is 20.2. The number of imidazole rings is 1. The van der Waals surface area contributed by atoms with E-state index in [-0.39, 0.29) is 0 Å². The number of aliphatic imine (C=N–C) groups is 1. The van der Waals surface area contributed by atoms with Crippen LogP contribution in [0.25, 0.3) is 0 Å². The second kappa shape index (κ2) is 10.2. The van der Waals surface area contributed by atoms with Gasteiger partial charge in [-0.25, -0.2) is 9.98 Å². The van der Waals surface area contributed by atoms with Crippen molar-refractivity contribution in [1.29, 1.82) is 0 Å². The van der Waals surface area contributed by atoms with Crippen LogP contribution in [0.5, 0.6) is 0 Å². The number of benzene rings is 1. The zero-order valence-electron chi connectivity index (χ0n) is 17.4. The van der Waals surface area contributed by atoms with Gasteiger partial charge < -0.3 is 20.1 Å². The first-order valence-electron chi connectivity index (χ1n) is 10.5. The van der Waals surface area contributed by atoms with E-state index in [0.29, 0.717) is 18.5 Å². The number of anilines is 1. The van der Waals surface area contributed by atoms with Crippen molar-refractivity contribution < 1.29 is 0 Å². The van der Waals surface area contributed by atoms with Crippen LogP contribution in [-0.4, -0.2) is 41.2 Å². The number of hydrogen-bond acceptors (Lipinski definition) is 3. The third kappa shape index (κ3) is 5.75. The molecule has 6 heteroatoms. The third-order valence-corrected chi connectivity index (χ3v) is 4.97. The van der Waals surface area contributed by atoms with E-state index in [0.717, 1.165) is 44.4 Å². The van der Waals surface area contributed by atoms with Crippen LogP contribution in [0.4, 0.5) is 5.69 Å². The molecule has 1 saturated heterocycles. The summed E-state index contributed by atoms with van der Waals surface area (Å²) in [4.78, 5) is 11.8. The fourth-order valence-corrected chi connectivity index (χ4v) is 3.68. The summed E-state index contributed by atoms with van der Waals surface area (Å²) in [5.41, 5.74) is 1.30. The Kier molecular flexibility index (Phi) is 7.34. The molecule has 0 radical (unpaired) electrons. The molecule has 28 heavy (non-hydrogen) atoms. The average molecular weight is 383 g/mol. The van der Waals surface area contributed by atoms with Crippen LogP contribution < -0.4 is 15.5 Å². The zero-order valence-corrected chi connectivity index (χ0v) is 17.4. The summed E-state index contributed by atoms with van der Waals surface area (Å²) in [6, 6.07) is 11.1. The molecule has 1 fully saturated rings. The Morgan fingerprint density at radius 2 is 2.11 bits per heavy atom. The van der Waals surface area contributed by atoms with Crippen molar-refractivity contribution in [3.63, 3.8) is 0 Å². The molecule has 1 aliphatic heterocycles. The topological polar surface area (TPSA) is 57.5 Å². The first-order chi connectivity index (χ1) is 13.7. The summed E-state index contributed by atoms with van der Waals surface area (Å²) in [6.07, 6.45) is 6.26. The lowest BCUT2D eigenvalue weighted by Crippen LogP contribution is -2.51. The number of aromatic nitrogens is 2. The van der Waals surface area contributed by atoms with Gasteiger partial charge in [0, 0.05) is 50.3 Å². The van der Waals surface area contributed by atoms with E-state index < -0.39 is 0 Å².